The molecule has 29 heavy (non-hydrogen) atoms. The van der Waals surface area contributed by atoms with Crippen LogP contribution in [0.3, 0.4) is 0 Å². The molecule has 0 aliphatic rings. The van der Waals surface area contributed by atoms with Crippen LogP contribution in [0.2, 0.25) is 0 Å². The second-order valence-corrected chi connectivity index (χ2v) is 6.19. The Morgan fingerprint density at radius 3 is 2.76 bits per heavy atom. The molecule has 3 aromatic rings. The Kier molecular flexibility index (Phi) is 6.80. The number of nitriles is 1. The topological polar surface area (TPSA) is 83.7 Å². The van der Waals surface area contributed by atoms with Gasteiger partial charge in [0.15, 0.2) is 11.5 Å². The summed E-state index contributed by atoms with van der Waals surface area (Å²) in [5, 5.41) is 14.7. The molecule has 0 spiro atoms. The van der Waals surface area contributed by atoms with Crippen LogP contribution in [0, 0.1) is 11.3 Å². The molecule has 6 heteroatoms. The SMILES string of the molecule is CCOc1cc(/C=N\NC(=O)CC#N)ccc1OCc1cccc2ccccc12. The number of benzene rings is 3. The zero-order valence-electron chi connectivity index (χ0n) is 16.1. The average Bonchev–Trinajstić information content (AvgIpc) is 2.73. The number of hydrogen-bond donors (Lipinski definition) is 1. The van der Waals surface area contributed by atoms with Crippen molar-refractivity contribution in [2.75, 3.05) is 6.61 Å². The predicted molar refractivity (Wildman–Crippen MR) is 112 cm³/mol. The van der Waals surface area contributed by atoms with E-state index in [0.29, 0.717) is 24.7 Å². The smallest absolute Gasteiger partial charge is 0.254 e. The molecule has 0 saturated heterocycles. The Hall–Kier alpha value is -3.85. The quantitative estimate of drug-likeness (QED) is 0.464. The Morgan fingerprint density at radius 2 is 1.93 bits per heavy atom. The lowest BCUT2D eigenvalue weighted by Crippen LogP contribution is -2.16. The number of hydrogen-bond acceptors (Lipinski definition) is 5. The highest BCUT2D eigenvalue weighted by molar-refractivity contribution is 5.86. The van der Waals surface area contributed by atoms with Crippen molar-refractivity contribution in [3.05, 3.63) is 71.8 Å². The molecule has 3 aromatic carbocycles. The number of carbonyl (C=O) groups excluding carboxylic acids is 1. The van der Waals surface area contributed by atoms with Gasteiger partial charge in [-0.3, -0.25) is 4.79 Å². The van der Waals surface area contributed by atoms with Gasteiger partial charge in [-0.25, -0.2) is 5.43 Å². The third-order valence-corrected chi connectivity index (χ3v) is 4.17. The molecule has 0 aromatic heterocycles. The second kappa shape index (κ2) is 9.90. The van der Waals surface area contributed by atoms with Gasteiger partial charge in [0.05, 0.1) is 18.9 Å². The fourth-order valence-corrected chi connectivity index (χ4v) is 2.86. The standard InChI is InChI=1S/C23H21N3O3/c1-2-28-22-14-17(15-25-26-23(27)12-13-24)10-11-21(22)29-16-19-8-5-7-18-6-3-4-9-20(18)19/h3-11,14-15H,2,12,16H2,1H3,(H,26,27)/b25-15-. The minimum Gasteiger partial charge on any atom is -0.490 e. The summed E-state index contributed by atoms with van der Waals surface area (Å²) in [6.45, 7) is 2.81. The maximum absolute atomic E-state index is 11.3. The van der Waals surface area contributed by atoms with Crippen LogP contribution in [-0.2, 0) is 11.4 Å². The number of nitrogens with one attached hydrogen (secondary N) is 1. The summed E-state index contributed by atoms with van der Waals surface area (Å²) in [6.07, 6.45) is 1.26. The summed E-state index contributed by atoms with van der Waals surface area (Å²) >= 11 is 0. The largest absolute Gasteiger partial charge is 0.490 e. The molecule has 0 fully saturated rings. The minimum atomic E-state index is -0.455. The van der Waals surface area contributed by atoms with Crippen molar-refractivity contribution in [2.45, 2.75) is 20.0 Å². The molecule has 0 bridgehead atoms. The average molecular weight is 387 g/mol. The van der Waals surface area contributed by atoms with Crippen molar-refractivity contribution < 1.29 is 14.3 Å². The molecule has 1 N–H and O–H groups in total. The van der Waals surface area contributed by atoms with Gasteiger partial charge in [-0.15, -0.1) is 0 Å². The molecule has 0 atom stereocenters. The summed E-state index contributed by atoms with van der Waals surface area (Å²) in [5.74, 6) is 0.773. The number of fused-ring (bicyclic) bond motifs is 1. The molecule has 0 aliphatic heterocycles. The van der Waals surface area contributed by atoms with E-state index in [4.69, 9.17) is 14.7 Å². The molecule has 0 heterocycles. The van der Waals surface area contributed by atoms with Crippen LogP contribution in [0.1, 0.15) is 24.5 Å². The Balaban J connectivity index is 1.74. The van der Waals surface area contributed by atoms with Gasteiger partial charge in [-0.2, -0.15) is 10.4 Å². The van der Waals surface area contributed by atoms with Crippen molar-refractivity contribution in [1.82, 2.24) is 5.43 Å². The van der Waals surface area contributed by atoms with E-state index in [9.17, 15) is 4.79 Å². The fraction of sp³-hybridized carbons (Fsp3) is 0.174. The molecule has 0 unspecified atom stereocenters. The van der Waals surface area contributed by atoms with Gasteiger partial charge >= 0.3 is 0 Å². The maximum Gasteiger partial charge on any atom is 0.254 e. The zero-order valence-corrected chi connectivity index (χ0v) is 16.1. The van der Waals surface area contributed by atoms with Gasteiger partial charge in [-0.1, -0.05) is 42.5 Å². The van der Waals surface area contributed by atoms with Gasteiger partial charge in [0.2, 0.25) is 0 Å². The number of ether oxygens (including phenoxy) is 2. The summed E-state index contributed by atoms with van der Waals surface area (Å²) in [7, 11) is 0. The molecular formula is C23H21N3O3. The highest BCUT2D eigenvalue weighted by atomic mass is 16.5. The third-order valence-electron chi connectivity index (χ3n) is 4.17. The molecule has 3 rings (SSSR count). The molecule has 0 radical (unpaired) electrons. The third kappa shape index (κ3) is 5.33. The van der Waals surface area contributed by atoms with Gasteiger partial charge in [-0.05, 0) is 47.0 Å². The van der Waals surface area contributed by atoms with Crippen molar-refractivity contribution in [2.24, 2.45) is 5.10 Å². The number of rotatable bonds is 8. The van der Waals surface area contributed by atoms with E-state index in [0.717, 1.165) is 16.5 Å². The highest BCUT2D eigenvalue weighted by Crippen LogP contribution is 2.29. The predicted octanol–water partition coefficient (Wildman–Crippen LogP) is 4.18. The van der Waals surface area contributed by atoms with Crippen LogP contribution in [0.4, 0.5) is 0 Å². The lowest BCUT2D eigenvalue weighted by Gasteiger charge is -2.13. The maximum atomic E-state index is 11.3. The zero-order chi connectivity index (χ0) is 20.5. The van der Waals surface area contributed by atoms with E-state index in [1.807, 2.05) is 43.3 Å². The van der Waals surface area contributed by atoms with E-state index in [1.54, 1.807) is 12.1 Å². The first-order valence-electron chi connectivity index (χ1n) is 9.26. The highest BCUT2D eigenvalue weighted by Gasteiger charge is 2.08. The number of hydrazone groups is 1. The molecule has 0 saturated carbocycles. The van der Waals surface area contributed by atoms with Crippen molar-refractivity contribution in [3.63, 3.8) is 0 Å². The van der Waals surface area contributed by atoms with Crippen LogP contribution in [0.5, 0.6) is 11.5 Å². The van der Waals surface area contributed by atoms with E-state index >= 15 is 0 Å². The van der Waals surface area contributed by atoms with Gasteiger partial charge in [0.1, 0.15) is 13.0 Å². The van der Waals surface area contributed by atoms with E-state index < -0.39 is 5.91 Å². The number of nitrogens with zero attached hydrogens (tertiary/aromatic N) is 2. The normalized spacial score (nSPS) is 10.6. The summed E-state index contributed by atoms with van der Waals surface area (Å²) < 4.78 is 11.7. The summed E-state index contributed by atoms with van der Waals surface area (Å²) in [5.41, 5.74) is 4.13. The summed E-state index contributed by atoms with van der Waals surface area (Å²) in [4.78, 5) is 11.3. The van der Waals surface area contributed by atoms with Gasteiger partial charge in [0, 0.05) is 0 Å². The van der Waals surface area contributed by atoms with Crippen LogP contribution in [0.25, 0.3) is 10.8 Å². The van der Waals surface area contributed by atoms with Crippen LogP contribution >= 0.6 is 0 Å². The van der Waals surface area contributed by atoms with Crippen LogP contribution < -0.4 is 14.9 Å². The first kappa shape index (κ1) is 19.9. The van der Waals surface area contributed by atoms with E-state index in [1.165, 1.54) is 11.6 Å². The lowest BCUT2D eigenvalue weighted by atomic mass is 10.1. The van der Waals surface area contributed by atoms with Crippen molar-refractivity contribution in [1.29, 1.82) is 5.26 Å². The molecule has 146 valence electrons. The van der Waals surface area contributed by atoms with Crippen LogP contribution in [0.15, 0.2) is 65.8 Å². The first-order valence-corrected chi connectivity index (χ1v) is 9.26. The number of amides is 1. The molecule has 6 nitrogen and oxygen atoms in total. The first-order chi connectivity index (χ1) is 14.2. The van der Waals surface area contributed by atoms with Crippen molar-refractivity contribution in [3.8, 4) is 17.6 Å². The molecular weight excluding hydrogens is 366 g/mol. The minimum absolute atomic E-state index is 0.234. The van der Waals surface area contributed by atoms with E-state index in [-0.39, 0.29) is 6.42 Å². The lowest BCUT2D eigenvalue weighted by molar-refractivity contribution is -0.120. The Bertz CT molecular complexity index is 1070. The van der Waals surface area contributed by atoms with Gasteiger partial charge < -0.3 is 9.47 Å². The number of carbonyl (C=O) groups is 1. The second-order valence-electron chi connectivity index (χ2n) is 6.19. The Labute approximate surface area is 169 Å². The van der Waals surface area contributed by atoms with Crippen LogP contribution in [-0.4, -0.2) is 18.7 Å². The van der Waals surface area contributed by atoms with Gasteiger partial charge in [0.25, 0.3) is 5.91 Å². The van der Waals surface area contributed by atoms with E-state index in [2.05, 4.69) is 28.7 Å². The van der Waals surface area contributed by atoms with Crippen molar-refractivity contribution >= 4 is 22.9 Å². The fourth-order valence-electron chi connectivity index (χ4n) is 2.86. The molecule has 0 aliphatic carbocycles. The Morgan fingerprint density at radius 1 is 1.10 bits per heavy atom. The summed E-state index contributed by atoms with van der Waals surface area (Å²) in [6, 6.07) is 21.5. The monoisotopic (exact) mass is 387 g/mol. The molecule has 1 amide bonds.